The zero-order valence-electron chi connectivity index (χ0n) is 23.2. The Kier molecular flexibility index (Phi) is 9.18. The smallest absolute Gasteiger partial charge is 0.227 e. The van der Waals surface area contributed by atoms with Crippen molar-refractivity contribution in [1.29, 1.82) is 0 Å². The molecule has 0 aliphatic carbocycles. The fourth-order valence-electron chi connectivity index (χ4n) is 4.75. The average molecular weight is 607 g/mol. The zero-order valence-corrected chi connectivity index (χ0v) is 24.7. The second-order valence-electron chi connectivity index (χ2n) is 10.1. The van der Waals surface area contributed by atoms with Crippen molar-refractivity contribution in [3.05, 3.63) is 108 Å². The fraction of sp³-hybridized carbons (Fsp3) is 0.226. The van der Waals surface area contributed by atoms with Gasteiger partial charge in [-0.05, 0) is 61.6 Å². The van der Waals surface area contributed by atoms with Gasteiger partial charge in [-0.2, -0.15) is 0 Å². The van der Waals surface area contributed by atoms with E-state index in [0.29, 0.717) is 47.6 Å². The predicted octanol–water partition coefficient (Wildman–Crippen LogP) is 5.83. The molecule has 1 saturated heterocycles. The largest absolute Gasteiger partial charge is 0.381 e. The molecule has 42 heavy (non-hydrogen) atoms. The van der Waals surface area contributed by atoms with Gasteiger partial charge in [0.2, 0.25) is 5.95 Å². The molecule has 2 heterocycles. The van der Waals surface area contributed by atoms with Crippen LogP contribution in [0, 0.1) is 5.82 Å². The molecule has 0 radical (unpaired) electrons. The van der Waals surface area contributed by atoms with Crippen LogP contribution in [0.1, 0.15) is 5.56 Å². The number of nitrogens with zero attached hydrogens (tertiary/aromatic N) is 4. The maximum atomic E-state index is 14.1. The Balaban J connectivity index is 1.23. The van der Waals surface area contributed by atoms with Crippen LogP contribution in [0.4, 0.5) is 21.7 Å². The van der Waals surface area contributed by atoms with E-state index in [-0.39, 0.29) is 10.7 Å². The SMILES string of the molecule is C=CC(N1CCN(C)CC1)S(=O)(=O)c1ccc(Nc2nccc(-c3ccc(NCc4ccc(Cl)cc4F)cc3)n2)cc1. The van der Waals surface area contributed by atoms with E-state index >= 15 is 0 Å². The molecule has 1 aliphatic heterocycles. The average Bonchev–Trinajstić information content (AvgIpc) is 2.99. The molecule has 0 spiro atoms. The van der Waals surface area contributed by atoms with Crippen molar-refractivity contribution >= 4 is 38.8 Å². The first-order valence-electron chi connectivity index (χ1n) is 13.5. The number of rotatable bonds is 10. The number of likely N-dealkylation sites (N-methyl/N-ethyl adjacent to an activating group) is 1. The van der Waals surface area contributed by atoms with Crippen molar-refractivity contribution in [3.8, 4) is 11.3 Å². The van der Waals surface area contributed by atoms with Gasteiger partial charge in [0.05, 0.1) is 10.6 Å². The number of hydrogen-bond acceptors (Lipinski definition) is 8. The van der Waals surface area contributed by atoms with Gasteiger partial charge in [-0.25, -0.2) is 22.8 Å². The number of anilines is 3. The minimum Gasteiger partial charge on any atom is -0.381 e. The highest BCUT2D eigenvalue weighted by Gasteiger charge is 2.32. The summed E-state index contributed by atoms with van der Waals surface area (Å²) in [6.45, 7) is 7.09. The van der Waals surface area contributed by atoms with Gasteiger partial charge in [0.25, 0.3) is 0 Å². The lowest BCUT2D eigenvalue weighted by Crippen LogP contribution is -2.50. The minimum atomic E-state index is -3.63. The van der Waals surface area contributed by atoms with Crippen molar-refractivity contribution < 1.29 is 12.8 Å². The first-order valence-corrected chi connectivity index (χ1v) is 15.4. The van der Waals surface area contributed by atoms with Crippen molar-refractivity contribution in [2.45, 2.75) is 16.8 Å². The van der Waals surface area contributed by atoms with Crippen LogP contribution in [0.15, 0.2) is 96.5 Å². The molecule has 4 aromatic rings. The molecule has 0 amide bonds. The first-order chi connectivity index (χ1) is 20.2. The Labute approximate surface area is 250 Å². The van der Waals surface area contributed by atoms with Crippen LogP contribution in [0.5, 0.6) is 0 Å². The van der Waals surface area contributed by atoms with Gasteiger partial charge in [0.15, 0.2) is 9.84 Å². The minimum absolute atomic E-state index is 0.235. The van der Waals surface area contributed by atoms with Crippen LogP contribution >= 0.6 is 11.6 Å². The van der Waals surface area contributed by atoms with Crippen molar-refractivity contribution in [1.82, 2.24) is 19.8 Å². The fourth-order valence-corrected chi connectivity index (χ4v) is 6.56. The molecule has 11 heteroatoms. The van der Waals surface area contributed by atoms with Crippen molar-refractivity contribution in [2.24, 2.45) is 0 Å². The van der Waals surface area contributed by atoms with Crippen LogP contribution in [-0.2, 0) is 16.4 Å². The summed E-state index contributed by atoms with van der Waals surface area (Å²) in [7, 11) is -1.60. The van der Waals surface area contributed by atoms with E-state index in [4.69, 9.17) is 11.6 Å². The second kappa shape index (κ2) is 13.0. The normalized spacial score (nSPS) is 15.2. The molecule has 0 saturated carbocycles. The number of nitrogens with one attached hydrogen (secondary N) is 2. The molecule has 1 unspecified atom stereocenters. The van der Waals surface area contributed by atoms with Crippen molar-refractivity contribution in [2.75, 3.05) is 43.9 Å². The van der Waals surface area contributed by atoms with Gasteiger partial charge < -0.3 is 15.5 Å². The number of sulfone groups is 1. The van der Waals surface area contributed by atoms with Crippen LogP contribution in [-0.4, -0.2) is 66.8 Å². The molecule has 5 rings (SSSR count). The Morgan fingerprint density at radius 2 is 1.69 bits per heavy atom. The number of aromatic nitrogens is 2. The van der Waals surface area contributed by atoms with E-state index in [1.54, 1.807) is 48.7 Å². The standard InChI is InChI=1S/C31H32ClFN6O2S/c1-3-30(39-18-16-38(2)17-19-39)42(40,41)27-12-10-26(11-13-27)36-31-34-15-14-29(37-31)22-5-8-25(9-6-22)35-21-23-4-7-24(32)20-28(23)33/h3-15,20,30,35H,1,16-19,21H2,2H3,(H,34,36,37). The molecule has 8 nitrogen and oxygen atoms in total. The maximum Gasteiger partial charge on any atom is 0.227 e. The monoisotopic (exact) mass is 606 g/mol. The second-order valence-corrected chi connectivity index (χ2v) is 12.6. The van der Waals surface area contributed by atoms with E-state index in [9.17, 15) is 12.8 Å². The predicted molar refractivity (Wildman–Crippen MR) is 166 cm³/mol. The third-order valence-corrected chi connectivity index (χ3v) is 9.48. The van der Waals surface area contributed by atoms with E-state index in [1.165, 1.54) is 12.1 Å². The molecule has 1 fully saturated rings. The summed E-state index contributed by atoms with van der Waals surface area (Å²) in [6, 6.07) is 20.7. The van der Waals surface area contributed by atoms with Crippen molar-refractivity contribution in [3.63, 3.8) is 0 Å². The summed E-state index contributed by atoms with van der Waals surface area (Å²) >= 11 is 5.83. The Morgan fingerprint density at radius 1 is 1.00 bits per heavy atom. The lowest BCUT2D eigenvalue weighted by Gasteiger charge is -2.36. The number of hydrogen-bond donors (Lipinski definition) is 2. The third-order valence-electron chi connectivity index (χ3n) is 7.19. The van der Waals surface area contributed by atoms with Gasteiger partial charge in [-0.3, -0.25) is 4.90 Å². The topological polar surface area (TPSA) is 90.5 Å². The Hall–Kier alpha value is -3.83. The van der Waals surface area contributed by atoms with Gasteiger partial charge in [-0.1, -0.05) is 35.9 Å². The summed E-state index contributed by atoms with van der Waals surface area (Å²) in [5, 5.41) is 5.95. The number of piperazine rings is 1. The molecule has 0 bridgehead atoms. The third kappa shape index (κ3) is 6.96. The van der Waals surface area contributed by atoms with Gasteiger partial charge in [-0.15, -0.1) is 6.58 Å². The molecule has 1 atom stereocenters. The van der Waals surface area contributed by atoms with Gasteiger partial charge >= 0.3 is 0 Å². The maximum absolute atomic E-state index is 14.1. The lowest BCUT2D eigenvalue weighted by atomic mass is 10.1. The van der Waals surface area contributed by atoms with Gasteiger partial charge in [0, 0.05) is 66.4 Å². The highest BCUT2D eigenvalue weighted by Crippen LogP contribution is 2.25. The van der Waals surface area contributed by atoms with Crippen LogP contribution < -0.4 is 10.6 Å². The quantitative estimate of drug-likeness (QED) is 0.218. The molecular weight excluding hydrogens is 575 g/mol. The highest BCUT2D eigenvalue weighted by atomic mass is 35.5. The Bertz CT molecular complexity index is 1640. The molecular formula is C31H32ClFN6O2S. The van der Waals surface area contributed by atoms with Gasteiger partial charge in [0.1, 0.15) is 11.2 Å². The van der Waals surface area contributed by atoms with Crippen LogP contribution in [0.25, 0.3) is 11.3 Å². The highest BCUT2D eigenvalue weighted by molar-refractivity contribution is 7.92. The number of benzene rings is 3. The summed E-state index contributed by atoms with van der Waals surface area (Å²) < 4.78 is 40.8. The molecule has 3 aromatic carbocycles. The van der Waals surface area contributed by atoms with E-state index in [1.807, 2.05) is 36.2 Å². The summed E-state index contributed by atoms with van der Waals surface area (Å²) in [5.41, 5.74) is 3.61. The Morgan fingerprint density at radius 3 is 2.36 bits per heavy atom. The number of halogens is 2. The molecule has 1 aromatic heterocycles. The molecule has 2 N–H and O–H groups in total. The molecule has 218 valence electrons. The van der Waals surface area contributed by atoms with E-state index < -0.39 is 15.2 Å². The van der Waals surface area contributed by atoms with Crippen LogP contribution in [0.3, 0.4) is 0 Å². The molecule has 1 aliphatic rings. The first kappa shape index (κ1) is 29.7. The lowest BCUT2D eigenvalue weighted by molar-refractivity contribution is 0.154. The van der Waals surface area contributed by atoms with E-state index in [0.717, 1.165) is 24.3 Å². The summed E-state index contributed by atoms with van der Waals surface area (Å²) in [4.78, 5) is 13.3. The summed E-state index contributed by atoms with van der Waals surface area (Å²) in [6.07, 6.45) is 3.16. The van der Waals surface area contributed by atoms with E-state index in [2.05, 4.69) is 32.1 Å². The zero-order chi connectivity index (χ0) is 29.7. The summed E-state index contributed by atoms with van der Waals surface area (Å²) in [5.74, 6) is 0.0282. The van der Waals surface area contributed by atoms with Crippen LogP contribution in [0.2, 0.25) is 5.02 Å².